The van der Waals surface area contributed by atoms with Crippen LogP contribution in [0.3, 0.4) is 0 Å². The van der Waals surface area contributed by atoms with E-state index in [2.05, 4.69) is 10.0 Å². The number of rotatable bonds is 2. The number of piperidine rings is 1. The lowest BCUT2D eigenvalue weighted by Gasteiger charge is -2.38. The van der Waals surface area contributed by atoms with E-state index in [1.807, 2.05) is 20.8 Å². The van der Waals surface area contributed by atoms with Gasteiger partial charge in [-0.05, 0) is 46.7 Å². The van der Waals surface area contributed by atoms with Gasteiger partial charge in [0.1, 0.15) is 0 Å². The van der Waals surface area contributed by atoms with Crippen LogP contribution in [0.2, 0.25) is 0 Å². The molecule has 2 aliphatic rings. The van der Waals surface area contributed by atoms with Crippen molar-refractivity contribution < 1.29 is 13.3 Å². The Balaban J connectivity index is 2.10. The fraction of sp³-hybridized carbons (Fsp3) is 1.00. The van der Waals surface area contributed by atoms with E-state index in [4.69, 9.17) is 4.74 Å². The Morgan fingerprint density at radius 3 is 2.56 bits per heavy atom. The first kappa shape index (κ1) is 14.4. The molecule has 4 nitrogen and oxygen atoms in total. The van der Waals surface area contributed by atoms with Crippen LogP contribution in [0.1, 0.15) is 33.6 Å². The number of hydrogen-bond acceptors (Lipinski definition) is 3. The molecule has 0 aromatic rings. The molecule has 0 amide bonds. The maximum absolute atomic E-state index is 13.9. The minimum Gasteiger partial charge on any atom is -0.346 e. The molecule has 3 atom stereocenters. The van der Waals surface area contributed by atoms with Gasteiger partial charge in [-0.1, -0.05) is 0 Å². The van der Waals surface area contributed by atoms with Gasteiger partial charge in [-0.2, -0.15) is 0 Å². The molecule has 0 radical (unpaired) electrons. The zero-order valence-corrected chi connectivity index (χ0v) is 12.1. The molecule has 1 spiro atoms. The largest absolute Gasteiger partial charge is 0.346 e. The van der Waals surface area contributed by atoms with Gasteiger partial charge in [0.25, 0.3) is 0 Å². The molecule has 0 aliphatic carbocycles. The Morgan fingerprint density at radius 2 is 2.00 bits per heavy atom. The Morgan fingerprint density at radius 1 is 1.39 bits per heavy atom. The van der Waals surface area contributed by atoms with E-state index < -0.39 is 28.1 Å². The van der Waals surface area contributed by atoms with E-state index in [9.17, 15) is 8.60 Å². The fourth-order valence-electron chi connectivity index (χ4n) is 2.56. The summed E-state index contributed by atoms with van der Waals surface area (Å²) in [4.78, 5) is 0. The molecule has 6 heteroatoms. The molecule has 2 saturated heterocycles. The lowest BCUT2D eigenvalue weighted by atomic mass is 9.75. The van der Waals surface area contributed by atoms with E-state index in [0.29, 0.717) is 6.61 Å². The zero-order valence-electron chi connectivity index (χ0n) is 11.3. The quantitative estimate of drug-likeness (QED) is 0.795. The summed E-state index contributed by atoms with van der Waals surface area (Å²) in [6, 6.07) is -0.459. The van der Waals surface area contributed by atoms with E-state index in [1.165, 1.54) is 0 Å². The molecule has 18 heavy (non-hydrogen) atoms. The summed E-state index contributed by atoms with van der Waals surface area (Å²) in [7, 11) is -1.27. The van der Waals surface area contributed by atoms with Gasteiger partial charge in [0.15, 0.2) is 0 Å². The highest BCUT2D eigenvalue weighted by Gasteiger charge is 2.51. The van der Waals surface area contributed by atoms with E-state index >= 15 is 0 Å². The second kappa shape index (κ2) is 5.15. The average Bonchev–Trinajstić information content (AvgIpc) is 2.58. The summed E-state index contributed by atoms with van der Waals surface area (Å²) >= 11 is 0. The minimum atomic E-state index is -1.35. The van der Waals surface area contributed by atoms with E-state index in [1.54, 1.807) is 0 Å². The van der Waals surface area contributed by atoms with Crippen molar-refractivity contribution in [3.05, 3.63) is 0 Å². The van der Waals surface area contributed by atoms with Crippen molar-refractivity contribution in [2.45, 2.75) is 50.8 Å². The molecule has 0 saturated carbocycles. The van der Waals surface area contributed by atoms with E-state index in [-0.39, 0.29) is 5.41 Å². The third-order valence-corrected chi connectivity index (χ3v) is 5.42. The molecule has 106 valence electrons. The van der Waals surface area contributed by atoms with Crippen molar-refractivity contribution in [1.29, 1.82) is 0 Å². The van der Waals surface area contributed by atoms with Crippen molar-refractivity contribution in [3.63, 3.8) is 0 Å². The van der Waals surface area contributed by atoms with E-state index in [0.717, 1.165) is 25.9 Å². The number of nitrogens with one attached hydrogen (secondary N) is 2. The smallest absolute Gasteiger partial charge is 0.215 e. The summed E-state index contributed by atoms with van der Waals surface area (Å²) in [5, 5.41) is 3.27. The number of halogens is 1. The predicted molar refractivity (Wildman–Crippen MR) is 70.2 cm³/mol. The number of alkyl halides is 1. The van der Waals surface area contributed by atoms with Gasteiger partial charge in [0.05, 0.1) is 28.4 Å². The van der Waals surface area contributed by atoms with Gasteiger partial charge >= 0.3 is 0 Å². The highest BCUT2D eigenvalue weighted by atomic mass is 32.2. The molecule has 2 rings (SSSR count). The van der Waals surface area contributed by atoms with Crippen molar-refractivity contribution in [1.82, 2.24) is 10.0 Å². The van der Waals surface area contributed by atoms with Crippen LogP contribution in [0, 0.1) is 5.41 Å². The Kier molecular flexibility index (Phi) is 4.11. The van der Waals surface area contributed by atoms with Gasteiger partial charge in [0, 0.05) is 5.41 Å². The van der Waals surface area contributed by atoms with Gasteiger partial charge in [-0.3, -0.25) is 0 Å². The molecule has 0 unspecified atom stereocenters. The van der Waals surface area contributed by atoms with Crippen LogP contribution in [-0.4, -0.2) is 41.1 Å². The average molecular weight is 278 g/mol. The zero-order chi connectivity index (χ0) is 13.4. The van der Waals surface area contributed by atoms with Crippen molar-refractivity contribution in [3.8, 4) is 0 Å². The molecule has 2 N–H and O–H groups in total. The third kappa shape index (κ3) is 2.76. The standard InChI is InChI=1S/C12H23FN2O2S/c1-11(2,3)18(16)15-9-10(13)17-8-12(9)4-6-14-7-5-12/h9-10,14-15H,4-8H2,1-3H3/t9-,10-,18-/m1/s1. The second-order valence-corrected chi connectivity index (χ2v) is 8.25. The molecule has 0 aromatic carbocycles. The third-order valence-electron chi connectivity index (χ3n) is 3.84. The summed E-state index contributed by atoms with van der Waals surface area (Å²) < 4.78 is 33.8. The topological polar surface area (TPSA) is 50.4 Å². The first-order chi connectivity index (χ1) is 8.35. The predicted octanol–water partition coefficient (Wildman–Crippen LogP) is 1.10. The maximum Gasteiger partial charge on any atom is 0.215 e. The van der Waals surface area contributed by atoms with Crippen LogP contribution in [0.25, 0.3) is 0 Å². The molecular formula is C12H23FN2O2S. The summed E-state index contributed by atoms with van der Waals surface area (Å²) in [5.41, 5.74) is -0.203. The molecule has 2 aliphatic heterocycles. The van der Waals surface area contributed by atoms with Crippen molar-refractivity contribution in [2.75, 3.05) is 19.7 Å². The first-order valence-corrected chi connectivity index (χ1v) is 7.65. The molecular weight excluding hydrogens is 255 g/mol. The second-order valence-electron chi connectivity index (χ2n) is 6.25. The van der Waals surface area contributed by atoms with Crippen LogP contribution in [0.15, 0.2) is 0 Å². The van der Waals surface area contributed by atoms with Gasteiger partial charge in [0.2, 0.25) is 6.36 Å². The van der Waals surface area contributed by atoms with Crippen LogP contribution in [-0.2, 0) is 15.7 Å². The number of hydrogen-bond donors (Lipinski definition) is 2. The summed E-state index contributed by atoms with van der Waals surface area (Å²) in [5.74, 6) is 0. The molecule has 2 fully saturated rings. The normalized spacial score (nSPS) is 33.8. The maximum atomic E-state index is 13.9. The van der Waals surface area contributed by atoms with Gasteiger partial charge < -0.3 is 10.1 Å². The fourth-order valence-corrected chi connectivity index (χ4v) is 3.50. The highest BCUT2D eigenvalue weighted by molar-refractivity contribution is 7.84. The van der Waals surface area contributed by atoms with Crippen molar-refractivity contribution >= 4 is 11.0 Å². The summed E-state index contributed by atoms with van der Waals surface area (Å²) in [6.07, 6.45) is 0.383. The minimum absolute atomic E-state index is 0.203. The molecule has 0 bridgehead atoms. The molecule has 0 aromatic heterocycles. The number of ether oxygens (including phenoxy) is 1. The van der Waals surface area contributed by atoms with Crippen LogP contribution >= 0.6 is 0 Å². The SMILES string of the molecule is CC(C)(C)[S@@](=O)N[C@@H]1[C@H](F)OCC12CCNCC2. The van der Waals surface area contributed by atoms with Crippen molar-refractivity contribution in [2.24, 2.45) is 5.41 Å². The lowest BCUT2D eigenvalue weighted by Crippen LogP contribution is -2.54. The lowest BCUT2D eigenvalue weighted by molar-refractivity contribution is -0.00185. The Bertz CT molecular complexity index is 321. The van der Waals surface area contributed by atoms with Gasteiger partial charge in [-0.25, -0.2) is 13.3 Å². The molecule has 2 heterocycles. The summed E-state index contributed by atoms with van der Waals surface area (Å²) in [6.45, 7) is 7.82. The monoisotopic (exact) mass is 278 g/mol. The highest BCUT2D eigenvalue weighted by Crippen LogP contribution is 2.41. The van der Waals surface area contributed by atoms with Crippen LogP contribution < -0.4 is 10.0 Å². The first-order valence-electron chi connectivity index (χ1n) is 6.50. The Hall–Kier alpha value is -0.0400. The van der Waals surface area contributed by atoms with Crippen LogP contribution in [0.5, 0.6) is 0 Å². The van der Waals surface area contributed by atoms with Gasteiger partial charge in [-0.15, -0.1) is 0 Å². The van der Waals surface area contributed by atoms with Crippen LogP contribution in [0.4, 0.5) is 4.39 Å². The Labute approximate surface area is 111 Å².